The van der Waals surface area contributed by atoms with E-state index in [2.05, 4.69) is 27.6 Å². The minimum Gasteiger partial charge on any atom is -0.495 e. The molecule has 0 bridgehead atoms. The molecule has 4 amide bonds. The summed E-state index contributed by atoms with van der Waals surface area (Å²) in [6.07, 6.45) is 1.16. The second-order valence-corrected chi connectivity index (χ2v) is 9.61. The molecule has 224 valence electrons. The standard InChI is InChI=1S/C29H36N6O7/c1-5-14-42-29(40)32-24(27(37)38)18-35-13-12-21(33-35)17-34(3)26(36)16-20-10-11-23(25(15-20)41-4)31-28(39)30-22-9-7-6-8-19(22)2/h5-11,15,24H,1,12-14,16-18H2,2-4H3,(H,32,40)(H,37,38)(H2,30,31,39). The van der Waals surface area contributed by atoms with Gasteiger partial charge in [0.25, 0.3) is 0 Å². The van der Waals surface area contributed by atoms with E-state index in [1.54, 1.807) is 36.3 Å². The van der Waals surface area contributed by atoms with Gasteiger partial charge in [0.2, 0.25) is 5.91 Å². The number of urea groups is 1. The maximum absolute atomic E-state index is 12.9. The van der Waals surface area contributed by atoms with E-state index in [0.717, 1.165) is 5.56 Å². The first-order chi connectivity index (χ1) is 20.1. The molecule has 0 saturated carbocycles. The van der Waals surface area contributed by atoms with Crippen LogP contribution in [0.2, 0.25) is 0 Å². The Morgan fingerprint density at radius 1 is 1.17 bits per heavy atom. The number of likely N-dealkylation sites (N-methyl/N-ethyl adjacent to an activating group) is 1. The molecule has 13 heteroatoms. The van der Waals surface area contributed by atoms with Crippen molar-refractivity contribution in [2.24, 2.45) is 5.10 Å². The van der Waals surface area contributed by atoms with Crippen molar-refractivity contribution in [3.8, 4) is 5.75 Å². The van der Waals surface area contributed by atoms with Gasteiger partial charge in [-0.1, -0.05) is 36.9 Å². The fourth-order valence-corrected chi connectivity index (χ4v) is 4.13. The van der Waals surface area contributed by atoms with Crippen LogP contribution in [0.15, 0.2) is 60.2 Å². The van der Waals surface area contributed by atoms with E-state index in [4.69, 9.17) is 9.47 Å². The highest BCUT2D eigenvalue weighted by molar-refractivity contribution is 6.01. The van der Waals surface area contributed by atoms with Crippen LogP contribution in [0.1, 0.15) is 17.5 Å². The van der Waals surface area contributed by atoms with Gasteiger partial charge in [-0.2, -0.15) is 5.10 Å². The van der Waals surface area contributed by atoms with E-state index in [1.807, 2.05) is 25.1 Å². The summed E-state index contributed by atoms with van der Waals surface area (Å²) in [5, 5.41) is 23.3. The number of carbonyl (C=O) groups is 4. The van der Waals surface area contributed by atoms with Crippen molar-refractivity contribution in [2.75, 3.05) is 51.0 Å². The number of rotatable bonds is 13. The number of amides is 4. The van der Waals surface area contributed by atoms with Crippen molar-refractivity contribution >= 4 is 41.1 Å². The number of methoxy groups -OCH3 is 1. The van der Waals surface area contributed by atoms with Crippen LogP contribution >= 0.6 is 0 Å². The molecule has 3 rings (SSSR count). The molecule has 0 aromatic heterocycles. The minimum atomic E-state index is -1.22. The number of carboxylic acid groups (broad SMARTS) is 1. The number of carboxylic acids is 1. The maximum Gasteiger partial charge on any atom is 0.408 e. The van der Waals surface area contributed by atoms with Gasteiger partial charge in [-0.3, -0.25) is 9.80 Å². The minimum absolute atomic E-state index is 0.0377. The summed E-state index contributed by atoms with van der Waals surface area (Å²) in [4.78, 5) is 50.3. The van der Waals surface area contributed by atoms with Crippen LogP contribution in [0.5, 0.6) is 5.75 Å². The molecular weight excluding hydrogens is 544 g/mol. The molecule has 1 unspecified atom stereocenters. The summed E-state index contributed by atoms with van der Waals surface area (Å²) in [7, 11) is 3.14. The van der Waals surface area contributed by atoms with Crippen LogP contribution in [0, 0.1) is 6.92 Å². The lowest BCUT2D eigenvalue weighted by Gasteiger charge is -2.20. The molecule has 0 saturated heterocycles. The van der Waals surface area contributed by atoms with Crippen LogP contribution < -0.4 is 20.7 Å². The number of nitrogens with one attached hydrogen (secondary N) is 3. The van der Waals surface area contributed by atoms with Crippen LogP contribution in [0.25, 0.3) is 0 Å². The summed E-state index contributed by atoms with van der Waals surface area (Å²) in [5.74, 6) is -0.968. The quantitative estimate of drug-likeness (QED) is 0.263. The predicted molar refractivity (Wildman–Crippen MR) is 158 cm³/mol. The largest absolute Gasteiger partial charge is 0.495 e. The number of aryl methyl sites for hydroxylation is 1. The van der Waals surface area contributed by atoms with E-state index in [-0.39, 0.29) is 32.0 Å². The molecule has 2 aromatic carbocycles. The highest BCUT2D eigenvalue weighted by atomic mass is 16.5. The number of para-hydroxylation sites is 1. The lowest BCUT2D eigenvalue weighted by Crippen LogP contribution is -2.47. The predicted octanol–water partition coefficient (Wildman–Crippen LogP) is 3.08. The molecule has 1 atom stereocenters. The van der Waals surface area contributed by atoms with Crippen molar-refractivity contribution in [1.82, 2.24) is 15.2 Å². The molecule has 0 spiro atoms. The number of nitrogens with zero attached hydrogens (tertiary/aromatic N) is 3. The van der Waals surface area contributed by atoms with Crippen molar-refractivity contribution < 1.29 is 33.8 Å². The number of hydrogen-bond donors (Lipinski definition) is 4. The lowest BCUT2D eigenvalue weighted by molar-refractivity contribution is -0.139. The number of hydrazone groups is 1. The van der Waals surface area contributed by atoms with Crippen molar-refractivity contribution in [2.45, 2.75) is 25.8 Å². The van der Waals surface area contributed by atoms with Crippen LogP contribution in [-0.4, -0.2) is 91.2 Å². The number of alkyl carbamates (subject to hydrolysis) is 1. The summed E-state index contributed by atoms with van der Waals surface area (Å²) < 4.78 is 10.2. The molecular formula is C29H36N6O7. The van der Waals surface area contributed by atoms with Gasteiger partial charge in [0, 0.05) is 25.7 Å². The average Bonchev–Trinajstić information content (AvgIpc) is 3.39. The average molecular weight is 581 g/mol. The third kappa shape index (κ3) is 9.25. The van der Waals surface area contributed by atoms with Gasteiger partial charge in [-0.25, -0.2) is 14.4 Å². The van der Waals surface area contributed by atoms with Crippen LogP contribution in [-0.2, 0) is 20.7 Å². The maximum atomic E-state index is 12.9. The summed E-state index contributed by atoms with van der Waals surface area (Å²) >= 11 is 0. The van der Waals surface area contributed by atoms with Crippen LogP contribution in [0.4, 0.5) is 21.0 Å². The normalized spacial score (nSPS) is 12.9. The first-order valence-corrected chi connectivity index (χ1v) is 13.2. The third-order valence-electron chi connectivity index (χ3n) is 6.37. The van der Waals surface area contributed by atoms with Gasteiger partial charge in [-0.15, -0.1) is 0 Å². The Labute approximate surface area is 244 Å². The smallest absolute Gasteiger partial charge is 0.408 e. The molecule has 2 aromatic rings. The fourth-order valence-electron chi connectivity index (χ4n) is 4.13. The van der Waals surface area contributed by atoms with Gasteiger partial charge in [0.05, 0.1) is 38.0 Å². The van der Waals surface area contributed by atoms with Crippen LogP contribution in [0.3, 0.4) is 0 Å². The molecule has 0 fully saturated rings. The molecule has 1 aliphatic heterocycles. The first-order valence-electron chi connectivity index (χ1n) is 13.2. The molecule has 1 heterocycles. The van der Waals surface area contributed by atoms with E-state index in [0.29, 0.717) is 41.4 Å². The zero-order valence-corrected chi connectivity index (χ0v) is 23.9. The topological polar surface area (TPSA) is 162 Å². The van der Waals surface area contributed by atoms with Crippen molar-refractivity contribution in [3.05, 3.63) is 66.2 Å². The lowest BCUT2D eigenvalue weighted by atomic mass is 10.1. The zero-order valence-electron chi connectivity index (χ0n) is 23.9. The molecule has 1 aliphatic rings. The highest BCUT2D eigenvalue weighted by Gasteiger charge is 2.26. The van der Waals surface area contributed by atoms with Gasteiger partial charge in [0.15, 0.2) is 0 Å². The number of benzene rings is 2. The van der Waals surface area contributed by atoms with E-state index < -0.39 is 24.1 Å². The number of ether oxygens (including phenoxy) is 2. The Kier molecular flexibility index (Phi) is 11.3. The Hall–Kier alpha value is -5.07. The highest BCUT2D eigenvalue weighted by Crippen LogP contribution is 2.26. The fraction of sp³-hybridized carbons (Fsp3) is 0.345. The zero-order chi connectivity index (χ0) is 30.6. The molecule has 4 N–H and O–H groups in total. The number of anilines is 2. The Morgan fingerprint density at radius 3 is 2.60 bits per heavy atom. The van der Waals surface area contributed by atoms with E-state index >= 15 is 0 Å². The van der Waals surface area contributed by atoms with E-state index in [9.17, 15) is 24.3 Å². The Bertz CT molecular complexity index is 1350. The monoisotopic (exact) mass is 580 g/mol. The second-order valence-electron chi connectivity index (χ2n) is 9.61. The van der Waals surface area contributed by atoms with Gasteiger partial charge < -0.3 is 35.4 Å². The van der Waals surface area contributed by atoms with Crippen molar-refractivity contribution in [3.63, 3.8) is 0 Å². The van der Waals surface area contributed by atoms with Gasteiger partial charge in [0.1, 0.15) is 18.4 Å². The summed E-state index contributed by atoms with van der Waals surface area (Å²) in [6.45, 7) is 5.95. The molecule has 42 heavy (non-hydrogen) atoms. The van der Waals surface area contributed by atoms with Gasteiger partial charge in [-0.05, 0) is 36.2 Å². The Balaban J connectivity index is 1.54. The molecule has 13 nitrogen and oxygen atoms in total. The van der Waals surface area contributed by atoms with Gasteiger partial charge >= 0.3 is 18.1 Å². The van der Waals surface area contributed by atoms with Crippen molar-refractivity contribution in [1.29, 1.82) is 0 Å². The summed E-state index contributed by atoms with van der Waals surface area (Å²) in [5.41, 5.74) is 3.48. The first kappa shape index (κ1) is 31.5. The second kappa shape index (κ2) is 15.1. The summed E-state index contributed by atoms with van der Waals surface area (Å²) in [6, 6.07) is 10.9. The number of aliphatic carboxylic acids is 1. The molecule has 0 aliphatic carbocycles. The van der Waals surface area contributed by atoms with E-state index in [1.165, 1.54) is 18.1 Å². The third-order valence-corrected chi connectivity index (χ3v) is 6.37. The molecule has 0 radical (unpaired) electrons. The Morgan fingerprint density at radius 2 is 1.90 bits per heavy atom. The number of carbonyl (C=O) groups excluding carboxylic acids is 3. The SMILES string of the molecule is C=CCOC(=O)NC(CN1CCC(CN(C)C(=O)Cc2ccc(NC(=O)Nc3ccccc3C)c(OC)c2)=N1)C(=O)O. The number of hydrogen-bond acceptors (Lipinski definition) is 8.